The maximum Gasteiger partial charge on any atom is 0.321 e. The van der Waals surface area contributed by atoms with Crippen molar-refractivity contribution in [1.29, 1.82) is 0 Å². The Bertz CT molecular complexity index is 681. The van der Waals surface area contributed by atoms with E-state index in [2.05, 4.69) is 29.0 Å². The second-order valence-corrected chi connectivity index (χ2v) is 6.67. The van der Waals surface area contributed by atoms with Gasteiger partial charge in [-0.15, -0.1) is 11.3 Å². The Labute approximate surface area is 138 Å². The number of carbonyl (C=O) groups is 2. The van der Waals surface area contributed by atoms with E-state index in [4.69, 9.17) is 4.42 Å². The number of quaternary nitrogens is 1. The van der Waals surface area contributed by atoms with E-state index >= 15 is 0 Å². The van der Waals surface area contributed by atoms with E-state index in [0.717, 1.165) is 13.0 Å². The molecule has 2 aromatic rings. The van der Waals surface area contributed by atoms with Gasteiger partial charge in [-0.05, 0) is 30.5 Å². The van der Waals surface area contributed by atoms with E-state index in [9.17, 15) is 9.59 Å². The van der Waals surface area contributed by atoms with Gasteiger partial charge < -0.3 is 14.6 Å². The molecule has 1 unspecified atom stereocenters. The number of amides is 3. The summed E-state index contributed by atoms with van der Waals surface area (Å²) in [7, 11) is 0. The van der Waals surface area contributed by atoms with E-state index in [1.165, 1.54) is 15.3 Å². The number of furan rings is 1. The van der Waals surface area contributed by atoms with Crippen molar-refractivity contribution in [3.8, 4) is 0 Å². The van der Waals surface area contributed by atoms with Gasteiger partial charge in [-0.3, -0.25) is 10.1 Å². The van der Waals surface area contributed by atoms with Crippen molar-refractivity contribution in [2.45, 2.75) is 25.9 Å². The molecule has 2 aromatic heterocycles. The number of hydrogen-bond acceptors (Lipinski definition) is 4. The molecule has 3 heterocycles. The molecule has 0 radical (unpaired) electrons. The van der Waals surface area contributed by atoms with Gasteiger partial charge in [0.05, 0.1) is 19.4 Å². The van der Waals surface area contributed by atoms with Crippen LogP contribution in [0.4, 0.5) is 4.79 Å². The van der Waals surface area contributed by atoms with Crippen molar-refractivity contribution >= 4 is 23.3 Å². The van der Waals surface area contributed by atoms with E-state index in [-0.39, 0.29) is 18.5 Å². The molecule has 0 aliphatic carbocycles. The third kappa shape index (κ3) is 3.80. The molecule has 122 valence electrons. The first kappa shape index (κ1) is 15.8. The van der Waals surface area contributed by atoms with Gasteiger partial charge in [0.25, 0.3) is 5.91 Å². The normalized spacial score (nSPS) is 19.9. The van der Waals surface area contributed by atoms with Crippen molar-refractivity contribution in [3.63, 3.8) is 0 Å². The van der Waals surface area contributed by atoms with Crippen molar-refractivity contribution < 1.29 is 18.9 Å². The largest absolute Gasteiger partial charge is 0.467 e. The predicted octanol–water partition coefficient (Wildman–Crippen LogP) is 0.869. The highest BCUT2D eigenvalue weighted by atomic mass is 32.1. The van der Waals surface area contributed by atoms with Crippen LogP contribution in [0.5, 0.6) is 0 Å². The molecular formula is C16H20N3O3S+. The lowest BCUT2D eigenvalue weighted by Crippen LogP contribution is -3.14. The Morgan fingerprint density at radius 3 is 3.09 bits per heavy atom. The van der Waals surface area contributed by atoms with Crippen LogP contribution in [0.1, 0.15) is 29.2 Å². The number of hydrogen-bond donors (Lipinski definition) is 3. The molecular weight excluding hydrogens is 314 g/mol. The van der Waals surface area contributed by atoms with Gasteiger partial charge in [-0.1, -0.05) is 0 Å². The Hall–Kier alpha value is -2.12. The molecule has 0 spiro atoms. The van der Waals surface area contributed by atoms with E-state index in [1.807, 2.05) is 0 Å². The monoisotopic (exact) mass is 334 g/mol. The van der Waals surface area contributed by atoms with E-state index < -0.39 is 6.03 Å². The minimum Gasteiger partial charge on any atom is -0.467 e. The molecule has 0 bridgehead atoms. The molecule has 1 aliphatic rings. The third-order valence-electron chi connectivity index (χ3n) is 4.18. The summed E-state index contributed by atoms with van der Waals surface area (Å²) >= 11 is 1.78. The first-order valence-electron chi connectivity index (χ1n) is 7.64. The lowest BCUT2D eigenvalue weighted by Gasteiger charge is -2.29. The minimum atomic E-state index is -0.494. The van der Waals surface area contributed by atoms with Crippen LogP contribution in [-0.2, 0) is 17.8 Å². The van der Waals surface area contributed by atoms with Crippen LogP contribution in [0, 0.1) is 0 Å². The average Bonchev–Trinajstić information content (AvgIpc) is 3.19. The molecule has 0 fully saturated rings. The van der Waals surface area contributed by atoms with Crippen molar-refractivity contribution in [1.82, 2.24) is 10.6 Å². The number of thiophene rings is 1. The van der Waals surface area contributed by atoms with Crippen LogP contribution < -0.4 is 15.5 Å². The fourth-order valence-corrected chi connectivity index (χ4v) is 3.87. The summed E-state index contributed by atoms with van der Waals surface area (Å²) in [6.45, 7) is 3.60. The summed E-state index contributed by atoms with van der Waals surface area (Å²) in [5.41, 5.74) is 1.33. The number of rotatable bonds is 4. The molecule has 3 rings (SSSR count). The number of carbonyl (C=O) groups excluding carboxylic acids is 2. The lowest BCUT2D eigenvalue weighted by atomic mass is 10.0. The van der Waals surface area contributed by atoms with Crippen molar-refractivity contribution in [2.75, 3.05) is 13.1 Å². The molecule has 2 atom stereocenters. The number of nitrogens with one attached hydrogen (secondary N) is 3. The Balaban J connectivity index is 1.47. The quantitative estimate of drug-likeness (QED) is 0.777. The molecule has 23 heavy (non-hydrogen) atoms. The van der Waals surface area contributed by atoms with Gasteiger partial charge in [0.1, 0.15) is 11.8 Å². The Morgan fingerprint density at radius 2 is 2.30 bits per heavy atom. The molecule has 7 heteroatoms. The number of imide groups is 1. The molecule has 0 aromatic carbocycles. The second-order valence-electron chi connectivity index (χ2n) is 5.67. The summed E-state index contributed by atoms with van der Waals surface area (Å²) in [4.78, 5) is 26.4. The first-order chi connectivity index (χ1) is 11.1. The van der Waals surface area contributed by atoms with E-state index in [1.54, 1.807) is 29.7 Å². The van der Waals surface area contributed by atoms with Crippen molar-refractivity contribution in [3.05, 3.63) is 46.0 Å². The van der Waals surface area contributed by atoms with Crippen LogP contribution in [0.15, 0.2) is 34.3 Å². The van der Waals surface area contributed by atoms with Crippen LogP contribution in [0.3, 0.4) is 0 Å². The van der Waals surface area contributed by atoms with Gasteiger partial charge in [0, 0.05) is 16.9 Å². The van der Waals surface area contributed by atoms with Gasteiger partial charge in [-0.2, -0.15) is 0 Å². The van der Waals surface area contributed by atoms with Crippen LogP contribution >= 0.6 is 11.3 Å². The molecule has 3 amide bonds. The predicted molar refractivity (Wildman–Crippen MR) is 86.2 cm³/mol. The zero-order valence-corrected chi connectivity index (χ0v) is 13.7. The highest BCUT2D eigenvalue weighted by molar-refractivity contribution is 7.10. The van der Waals surface area contributed by atoms with Crippen molar-refractivity contribution in [2.24, 2.45) is 0 Å². The summed E-state index contributed by atoms with van der Waals surface area (Å²) in [6.07, 6.45) is 2.53. The second kappa shape index (κ2) is 6.97. The summed E-state index contributed by atoms with van der Waals surface area (Å²) in [6, 6.07) is 5.44. The molecule has 1 aliphatic heterocycles. The fraction of sp³-hybridized carbons (Fsp3) is 0.375. The number of urea groups is 1. The van der Waals surface area contributed by atoms with Gasteiger partial charge >= 0.3 is 6.03 Å². The molecule has 0 saturated carbocycles. The van der Waals surface area contributed by atoms with E-state index in [0.29, 0.717) is 12.3 Å². The summed E-state index contributed by atoms with van der Waals surface area (Å²) < 4.78 is 5.12. The molecule has 3 N–H and O–H groups in total. The lowest BCUT2D eigenvalue weighted by molar-refractivity contribution is -0.924. The van der Waals surface area contributed by atoms with Gasteiger partial charge in [-0.25, -0.2) is 4.79 Å². The highest BCUT2D eigenvalue weighted by Crippen LogP contribution is 2.24. The Kier molecular flexibility index (Phi) is 4.78. The standard InChI is InChI=1S/C16H19N3O3S/c1-11-13-5-8-23-14(13)4-6-19(11)10-15(20)18-16(21)17-9-12-3-2-7-22-12/h2-3,5,7-8,11H,4,6,9-10H2,1H3,(H2,17,18,20,21)/p+1/t11-/m0/s1. The van der Waals surface area contributed by atoms with Gasteiger partial charge in [0.2, 0.25) is 0 Å². The number of fused-ring (bicyclic) bond motifs is 1. The average molecular weight is 334 g/mol. The highest BCUT2D eigenvalue weighted by Gasteiger charge is 2.29. The topological polar surface area (TPSA) is 75.8 Å². The maximum absolute atomic E-state index is 12.1. The minimum absolute atomic E-state index is 0.261. The smallest absolute Gasteiger partial charge is 0.321 e. The summed E-state index contributed by atoms with van der Waals surface area (Å²) in [5.74, 6) is 0.385. The molecule has 6 nitrogen and oxygen atoms in total. The van der Waals surface area contributed by atoms with Crippen LogP contribution in [0.25, 0.3) is 0 Å². The zero-order chi connectivity index (χ0) is 16.2. The third-order valence-corrected chi connectivity index (χ3v) is 5.17. The molecule has 0 saturated heterocycles. The zero-order valence-electron chi connectivity index (χ0n) is 12.9. The van der Waals surface area contributed by atoms with Gasteiger partial charge in [0.15, 0.2) is 6.54 Å². The summed E-state index contributed by atoms with van der Waals surface area (Å²) in [5, 5.41) is 7.09. The Morgan fingerprint density at radius 1 is 1.43 bits per heavy atom. The first-order valence-corrected chi connectivity index (χ1v) is 8.52. The fourth-order valence-electron chi connectivity index (χ4n) is 2.89. The maximum atomic E-state index is 12.1. The van der Waals surface area contributed by atoms with Crippen LogP contribution in [0.2, 0.25) is 0 Å². The SMILES string of the molecule is C[C@H]1c2ccsc2CC[NH+]1CC(=O)NC(=O)NCc1ccco1. The van der Waals surface area contributed by atoms with Crippen LogP contribution in [-0.4, -0.2) is 25.0 Å².